The Labute approximate surface area is 88.2 Å². The SMILES string of the molecule is CN(C)/C=C/C(=O)Nc1ccc(F)cc1. The van der Waals surface area contributed by atoms with E-state index < -0.39 is 0 Å². The molecule has 3 nitrogen and oxygen atoms in total. The molecule has 0 aromatic heterocycles. The molecule has 1 aromatic carbocycles. The molecule has 0 spiro atoms. The number of halogens is 1. The molecule has 0 aliphatic rings. The van der Waals surface area contributed by atoms with E-state index in [4.69, 9.17) is 0 Å². The summed E-state index contributed by atoms with van der Waals surface area (Å²) in [5, 5.41) is 2.61. The maximum atomic E-state index is 12.5. The van der Waals surface area contributed by atoms with Crippen molar-refractivity contribution in [2.24, 2.45) is 0 Å². The molecule has 0 unspecified atom stereocenters. The quantitative estimate of drug-likeness (QED) is 0.769. The minimum atomic E-state index is -0.322. The number of carbonyl (C=O) groups excluding carboxylic acids is 1. The molecular formula is C11H13FN2O. The Morgan fingerprint density at radius 3 is 2.47 bits per heavy atom. The lowest BCUT2D eigenvalue weighted by Crippen LogP contribution is -2.10. The highest BCUT2D eigenvalue weighted by molar-refractivity contribution is 5.99. The topological polar surface area (TPSA) is 32.3 Å². The van der Waals surface area contributed by atoms with Crippen LogP contribution in [0.4, 0.5) is 10.1 Å². The van der Waals surface area contributed by atoms with Crippen molar-refractivity contribution in [2.45, 2.75) is 0 Å². The highest BCUT2D eigenvalue weighted by atomic mass is 19.1. The van der Waals surface area contributed by atoms with E-state index >= 15 is 0 Å². The summed E-state index contributed by atoms with van der Waals surface area (Å²) in [6.07, 6.45) is 3.04. The summed E-state index contributed by atoms with van der Waals surface area (Å²) in [7, 11) is 3.64. The van der Waals surface area contributed by atoms with Crippen molar-refractivity contribution in [3.8, 4) is 0 Å². The first-order valence-electron chi connectivity index (χ1n) is 4.49. The zero-order valence-electron chi connectivity index (χ0n) is 8.70. The van der Waals surface area contributed by atoms with Gasteiger partial charge in [0, 0.05) is 32.1 Å². The second-order valence-corrected chi connectivity index (χ2v) is 3.28. The molecule has 1 aromatic rings. The van der Waals surface area contributed by atoms with Crippen molar-refractivity contribution in [3.05, 3.63) is 42.4 Å². The molecule has 0 aliphatic carbocycles. The molecule has 0 saturated carbocycles. The molecule has 80 valence electrons. The van der Waals surface area contributed by atoms with Gasteiger partial charge in [0.05, 0.1) is 0 Å². The maximum absolute atomic E-state index is 12.5. The molecule has 4 heteroatoms. The van der Waals surface area contributed by atoms with Crippen molar-refractivity contribution in [1.82, 2.24) is 4.90 Å². The van der Waals surface area contributed by atoms with E-state index in [0.717, 1.165) is 0 Å². The monoisotopic (exact) mass is 208 g/mol. The molecule has 1 rings (SSSR count). The Hall–Kier alpha value is -1.84. The number of rotatable bonds is 3. The highest BCUT2D eigenvalue weighted by Gasteiger charge is 1.97. The third-order valence-electron chi connectivity index (χ3n) is 1.64. The molecule has 0 saturated heterocycles. The fourth-order valence-corrected chi connectivity index (χ4v) is 0.934. The average molecular weight is 208 g/mol. The van der Waals surface area contributed by atoms with Crippen molar-refractivity contribution < 1.29 is 9.18 Å². The summed E-state index contributed by atoms with van der Waals surface area (Å²) < 4.78 is 12.5. The maximum Gasteiger partial charge on any atom is 0.249 e. The van der Waals surface area contributed by atoms with Gasteiger partial charge in [-0.05, 0) is 24.3 Å². The van der Waals surface area contributed by atoms with Gasteiger partial charge in [-0.3, -0.25) is 4.79 Å². The molecule has 0 fully saturated rings. The molecule has 0 heterocycles. The summed E-state index contributed by atoms with van der Waals surface area (Å²) in [6, 6.07) is 5.62. The zero-order chi connectivity index (χ0) is 11.3. The number of hydrogen-bond donors (Lipinski definition) is 1. The zero-order valence-corrected chi connectivity index (χ0v) is 8.70. The Morgan fingerprint density at radius 2 is 1.93 bits per heavy atom. The predicted octanol–water partition coefficient (Wildman–Crippen LogP) is 1.84. The Kier molecular flexibility index (Phi) is 3.85. The number of benzene rings is 1. The summed E-state index contributed by atoms with van der Waals surface area (Å²) in [5.41, 5.74) is 0.574. The normalized spacial score (nSPS) is 10.3. The largest absolute Gasteiger partial charge is 0.383 e. The van der Waals surface area contributed by atoms with Gasteiger partial charge in [-0.25, -0.2) is 4.39 Å². The van der Waals surface area contributed by atoms with Gasteiger partial charge in [0.1, 0.15) is 5.82 Å². The first-order chi connectivity index (χ1) is 7.08. The third kappa shape index (κ3) is 4.26. The number of nitrogens with one attached hydrogen (secondary N) is 1. The first kappa shape index (κ1) is 11.2. The van der Waals surface area contributed by atoms with Crippen molar-refractivity contribution in [2.75, 3.05) is 19.4 Å². The lowest BCUT2D eigenvalue weighted by atomic mass is 10.3. The van der Waals surface area contributed by atoms with E-state index in [1.165, 1.54) is 30.3 Å². The molecule has 1 N–H and O–H groups in total. The van der Waals surface area contributed by atoms with Crippen LogP contribution in [0.25, 0.3) is 0 Å². The summed E-state index contributed by atoms with van der Waals surface area (Å²) in [6.45, 7) is 0. The van der Waals surface area contributed by atoms with Gasteiger partial charge < -0.3 is 10.2 Å². The first-order valence-corrected chi connectivity index (χ1v) is 4.49. The third-order valence-corrected chi connectivity index (χ3v) is 1.64. The second-order valence-electron chi connectivity index (χ2n) is 3.28. The Bertz CT molecular complexity index is 357. The van der Waals surface area contributed by atoms with Gasteiger partial charge in [0.25, 0.3) is 0 Å². The molecule has 1 amide bonds. The van der Waals surface area contributed by atoms with Crippen LogP contribution in [-0.2, 0) is 4.79 Å². The number of carbonyl (C=O) groups is 1. The predicted molar refractivity (Wildman–Crippen MR) is 57.9 cm³/mol. The lowest BCUT2D eigenvalue weighted by molar-refractivity contribution is -0.112. The lowest BCUT2D eigenvalue weighted by Gasteiger charge is -2.04. The summed E-state index contributed by atoms with van der Waals surface area (Å²) >= 11 is 0. The Balaban J connectivity index is 2.55. The number of anilines is 1. The minimum Gasteiger partial charge on any atom is -0.383 e. The fraction of sp³-hybridized carbons (Fsp3) is 0.182. The van der Waals surface area contributed by atoms with E-state index in [1.54, 1.807) is 11.1 Å². The summed E-state index contributed by atoms with van der Waals surface area (Å²) in [4.78, 5) is 13.0. The van der Waals surface area contributed by atoms with Gasteiger partial charge in [0.15, 0.2) is 0 Å². The van der Waals surface area contributed by atoms with Crippen LogP contribution < -0.4 is 5.32 Å². The van der Waals surface area contributed by atoms with Gasteiger partial charge in [-0.15, -0.1) is 0 Å². The van der Waals surface area contributed by atoms with Crippen molar-refractivity contribution in [1.29, 1.82) is 0 Å². The van der Waals surface area contributed by atoms with Gasteiger partial charge in [-0.2, -0.15) is 0 Å². The number of nitrogens with zero attached hydrogens (tertiary/aromatic N) is 1. The Morgan fingerprint density at radius 1 is 1.33 bits per heavy atom. The van der Waals surface area contributed by atoms with Crippen LogP contribution in [0.2, 0.25) is 0 Å². The van der Waals surface area contributed by atoms with Gasteiger partial charge in [0.2, 0.25) is 5.91 Å². The highest BCUT2D eigenvalue weighted by Crippen LogP contribution is 2.07. The standard InChI is InChI=1S/C11H13FN2O/c1-14(2)8-7-11(15)13-10-5-3-9(12)4-6-10/h3-8H,1-2H3,(H,13,15)/b8-7+. The van der Waals surface area contributed by atoms with Crippen LogP contribution in [-0.4, -0.2) is 24.9 Å². The molecule has 0 radical (unpaired) electrons. The van der Waals surface area contributed by atoms with E-state index in [1.807, 2.05) is 14.1 Å². The van der Waals surface area contributed by atoms with Crippen LogP contribution in [0.1, 0.15) is 0 Å². The van der Waals surface area contributed by atoms with Gasteiger partial charge in [-0.1, -0.05) is 0 Å². The van der Waals surface area contributed by atoms with Crippen LogP contribution in [0.3, 0.4) is 0 Å². The van der Waals surface area contributed by atoms with E-state index in [0.29, 0.717) is 5.69 Å². The second kappa shape index (κ2) is 5.14. The molecule has 0 atom stereocenters. The average Bonchev–Trinajstić information content (AvgIpc) is 2.19. The number of hydrogen-bond acceptors (Lipinski definition) is 2. The smallest absolute Gasteiger partial charge is 0.249 e. The van der Waals surface area contributed by atoms with Crippen LogP contribution >= 0.6 is 0 Å². The molecular weight excluding hydrogens is 195 g/mol. The number of amides is 1. The van der Waals surface area contributed by atoms with Crippen molar-refractivity contribution >= 4 is 11.6 Å². The van der Waals surface area contributed by atoms with Crippen LogP contribution in [0.5, 0.6) is 0 Å². The fourth-order valence-electron chi connectivity index (χ4n) is 0.934. The minimum absolute atomic E-state index is 0.240. The summed E-state index contributed by atoms with van der Waals surface area (Å²) in [5.74, 6) is -0.563. The van der Waals surface area contributed by atoms with Gasteiger partial charge >= 0.3 is 0 Å². The van der Waals surface area contributed by atoms with Crippen molar-refractivity contribution in [3.63, 3.8) is 0 Å². The van der Waals surface area contributed by atoms with Crippen LogP contribution in [0.15, 0.2) is 36.5 Å². The molecule has 0 aliphatic heterocycles. The van der Waals surface area contributed by atoms with E-state index in [9.17, 15) is 9.18 Å². The van der Waals surface area contributed by atoms with E-state index in [2.05, 4.69) is 5.32 Å². The van der Waals surface area contributed by atoms with Crippen LogP contribution in [0, 0.1) is 5.82 Å². The van der Waals surface area contributed by atoms with E-state index in [-0.39, 0.29) is 11.7 Å². The molecule has 15 heavy (non-hydrogen) atoms. The molecule has 0 bridgehead atoms.